The lowest BCUT2D eigenvalue weighted by Crippen LogP contribution is -2.25. The van der Waals surface area contributed by atoms with Gasteiger partial charge in [-0.15, -0.1) is 0 Å². The number of aromatic nitrogens is 1. The Morgan fingerprint density at radius 3 is 2.33 bits per heavy atom. The maximum atomic E-state index is 11.9. The van der Waals surface area contributed by atoms with Crippen LogP contribution in [-0.4, -0.2) is 16.3 Å². The maximum absolute atomic E-state index is 11.9. The molecule has 2 rings (SSSR count). The molecule has 0 bridgehead atoms. The van der Waals surface area contributed by atoms with E-state index in [-0.39, 0.29) is 0 Å². The van der Waals surface area contributed by atoms with Crippen molar-refractivity contribution in [1.29, 1.82) is 0 Å². The Balaban J connectivity index is 2.66. The molecular formula is C14H14N2O2. The summed E-state index contributed by atoms with van der Waals surface area (Å²) in [5, 5.41) is 0. The summed E-state index contributed by atoms with van der Waals surface area (Å²) >= 11 is 0. The van der Waals surface area contributed by atoms with Gasteiger partial charge in [0.1, 0.15) is 5.69 Å². The molecule has 1 aromatic heterocycles. The Labute approximate surface area is 105 Å². The fourth-order valence-electron chi connectivity index (χ4n) is 1.96. The van der Waals surface area contributed by atoms with Crippen molar-refractivity contribution in [2.45, 2.75) is 6.92 Å². The largest absolute Gasteiger partial charge is 0.363 e. The standard InChI is InChI=1S/C14H14N2O2/c1-9-8-11(10-6-4-3-5-7-10)12(16(9)2)13(17)14(15)18/h3-8H,1-2H3,(H2,15,18). The molecule has 0 saturated heterocycles. The number of nitrogens with two attached hydrogens (primary N) is 1. The van der Waals surface area contributed by atoms with Crippen LogP contribution in [0.5, 0.6) is 0 Å². The third-order valence-electron chi connectivity index (χ3n) is 3.00. The van der Waals surface area contributed by atoms with Gasteiger partial charge in [-0.1, -0.05) is 30.3 Å². The molecule has 1 aromatic carbocycles. The molecule has 92 valence electrons. The summed E-state index contributed by atoms with van der Waals surface area (Å²) in [6.45, 7) is 1.88. The van der Waals surface area contributed by atoms with Gasteiger partial charge in [-0.2, -0.15) is 0 Å². The molecule has 0 unspecified atom stereocenters. The van der Waals surface area contributed by atoms with E-state index in [4.69, 9.17) is 5.73 Å². The van der Waals surface area contributed by atoms with Crippen LogP contribution in [0.15, 0.2) is 36.4 Å². The highest BCUT2D eigenvalue weighted by Gasteiger charge is 2.22. The fourth-order valence-corrected chi connectivity index (χ4v) is 1.96. The molecule has 0 aliphatic rings. The van der Waals surface area contributed by atoms with E-state index in [0.29, 0.717) is 5.69 Å². The first-order valence-corrected chi connectivity index (χ1v) is 5.58. The molecule has 1 amide bonds. The molecule has 0 fully saturated rings. The minimum absolute atomic E-state index is 0.339. The molecule has 0 aliphatic carbocycles. The zero-order chi connectivity index (χ0) is 13.3. The number of aryl methyl sites for hydroxylation is 1. The third-order valence-corrected chi connectivity index (χ3v) is 3.00. The van der Waals surface area contributed by atoms with Crippen molar-refractivity contribution in [3.05, 3.63) is 47.8 Å². The molecule has 18 heavy (non-hydrogen) atoms. The first-order chi connectivity index (χ1) is 8.52. The summed E-state index contributed by atoms with van der Waals surface area (Å²) in [6, 6.07) is 11.3. The lowest BCUT2D eigenvalue weighted by atomic mass is 10.0. The van der Waals surface area contributed by atoms with Gasteiger partial charge in [0.25, 0.3) is 11.7 Å². The Bertz CT molecular complexity index is 612. The highest BCUT2D eigenvalue weighted by molar-refractivity contribution is 6.43. The minimum atomic E-state index is -0.937. The molecule has 0 saturated carbocycles. The third kappa shape index (κ3) is 1.93. The van der Waals surface area contributed by atoms with Crippen molar-refractivity contribution in [3.8, 4) is 11.1 Å². The average molecular weight is 242 g/mol. The quantitative estimate of drug-likeness (QED) is 0.657. The van der Waals surface area contributed by atoms with Gasteiger partial charge >= 0.3 is 0 Å². The number of carbonyl (C=O) groups excluding carboxylic acids is 2. The number of carbonyl (C=O) groups is 2. The molecule has 4 nitrogen and oxygen atoms in total. The summed E-state index contributed by atoms with van der Waals surface area (Å²) in [6.07, 6.45) is 0. The lowest BCUT2D eigenvalue weighted by Gasteiger charge is -2.05. The van der Waals surface area contributed by atoms with Crippen molar-refractivity contribution in [3.63, 3.8) is 0 Å². The van der Waals surface area contributed by atoms with E-state index >= 15 is 0 Å². The van der Waals surface area contributed by atoms with Crippen LogP contribution in [0.25, 0.3) is 11.1 Å². The predicted molar refractivity (Wildman–Crippen MR) is 69.1 cm³/mol. The molecule has 0 atom stereocenters. The van der Waals surface area contributed by atoms with Gasteiger partial charge < -0.3 is 10.3 Å². The lowest BCUT2D eigenvalue weighted by molar-refractivity contribution is -0.114. The number of Topliss-reactive ketones (excluding diaryl/α,β-unsaturated/α-hetero) is 1. The maximum Gasteiger partial charge on any atom is 0.291 e. The number of ketones is 1. The topological polar surface area (TPSA) is 65.1 Å². The van der Waals surface area contributed by atoms with Gasteiger partial charge in [0.15, 0.2) is 0 Å². The fraction of sp³-hybridized carbons (Fsp3) is 0.143. The van der Waals surface area contributed by atoms with Gasteiger partial charge in [-0.05, 0) is 18.6 Å². The Morgan fingerprint density at radius 2 is 1.78 bits per heavy atom. The summed E-state index contributed by atoms with van der Waals surface area (Å²) in [4.78, 5) is 23.0. The van der Waals surface area contributed by atoms with E-state index in [9.17, 15) is 9.59 Å². The molecular weight excluding hydrogens is 228 g/mol. The number of nitrogens with zero attached hydrogens (tertiary/aromatic N) is 1. The Morgan fingerprint density at radius 1 is 1.17 bits per heavy atom. The van der Waals surface area contributed by atoms with Crippen molar-refractivity contribution in [2.24, 2.45) is 12.8 Å². The number of hydrogen-bond donors (Lipinski definition) is 1. The van der Waals surface area contributed by atoms with Gasteiger partial charge in [-0.25, -0.2) is 0 Å². The smallest absolute Gasteiger partial charge is 0.291 e. The van der Waals surface area contributed by atoms with Crippen molar-refractivity contribution in [1.82, 2.24) is 4.57 Å². The van der Waals surface area contributed by atoms with Crippen LogP contribution < -0.4 is 5.73 Å². The number of hydrogen-bond acceptors (Lipinski definition) is 2. The van der Waals surface area contributed by atoms with Gasteiger partial charge in [-0.3, -0.25) is 9.59 Å². The van der Waals surface area contributed by atoms with Gasteiger partial charge in [0.2, 0.25) is 0 Å². The van der Waals surface area contributed by atoms with Crippen LogP contribution in [-0.2, 0) is 11.8 Å². The molecule has 0 aliphatic heterocycles. The van der Waals surface area contributed by atoms with Crippen LogP contribution in [0.4, 0.5) is 0 Å². The van der Waals surface area contributed by atoms with Crippen molar-refractivity contribution in [2.75, 3.05) is 0 Å². The molecule has 1 heterocycles. The summed E-state index contributed by atoms with van der Waals surface area (Å²) in [5.74, 6) is -1.60. The molecule has 0 radical (unpaired) electrons. The Hall–Kier alpha value is -2.36. The van der Waals surface area contributed by atoms with Crippen LogP contribution in [0, 0.1) is 6.92 Å². The Kier molecular flexibility index (Phi) is 3.02. The summed E-state index contributed by atoms with van der Waals surface area (Å²) < 4.78 is 1.69. The number of primary amides is 1. The van der Waals surface area contributed by atoms with Gasteiger partial charge in [0.05, 0.1) is 0 Å². The van der Waals surface area contributed by atoms with E-state index < -0.39 is 11.7 Å². The zero-order valence-corrected chi connectivity index (χ0v) is 10.3. The van der Waals surface area contributed by atoms with E-state index in [1.165, 1.54) is 0 Å². The van der Waals surface area contributed by atoms with E-state index in [2.05, 4.69) is 0 Å². The second kappa shape index (κ2) is 4.49. The van der Waals surface area contributed by atoms with Crippen molar-refractivity contribution < 1.29 is 9.59 Å². The highest BCUT2D eigenvalue weighted by atomic mass is 16.2. The molecule has 2 N–H and O–H groups in total. The normalized spacial score (nSPS) is 10.3. The predicted octanol–water partition coefficient (Wildman–Crippen LogP) is 1.67. The SMILES string of the molecule is Cc1cc(-c2ccccc2)c(C(=O)C(N)=O)n1C. The van der Waals surface area contributed by atoms with Crippen LogP contribution in [0.2, 0.25) is 0 Å². The monoisotopic (exact) mass is 242 g/mol. The number of rotatable bonds is 3. The van der Waals surface area contributed by atoms with Gasteiger partial charge in [0, 0.05) is 18.3 Å². The van der Waals surface area contributed by atoms with E-state index in [1.807, 2.05) is 43.3 Å². The summed E-state index contributed by atoms with van der Waals surface area (Å²) in [7, 11) is 1.75. The number of amides is 1. The second-order valence-electron chi connectivity index (χ2n) is 4.17. The van der Waals surface area contributed by atoms with Crippen molar-refractivity contribution >= 4 is 11.7 Å². The van der Waals surface area contributed by atoms with Crippen LogP contribution in [0.1, 0.15) is 16.2 Å². The first kappa shape index (κ1) is 12.1. The zero-order valence-electron chi connectivity index (χ0n) is 10.3. The highest BCUT2D eigenvalue weighted by Crippen LogP contribution is 2.26. The van der Waals surface area contributed by atoms with Crippen LogP contribution in [0.3, 0.4) is 0 Å². The number of benzene rings is 1. The van der Waals surface area contributed by atoms with E-state index in [1.54, 1.807) is 11.6 Å². The molecule has 0 spiro atoms. The summed E-state index contributed by atoms with van der Waals surface area (Å²) in [5.41, 5.74) is 7.96. The second-order valence-corrected chi connectivity index (χ2v) is 4.17. The molecule has 2 aromatic rings. The average Bonchev–Trinajstić information content (AvgIpc) is 2.66. The first-order valence-electron chi connectivity index (χ1n) is 5.58. The minimum Gasteiger partial charge on any atom is -0.363 e. The molecule has 4 heteroatoms. The van der Waals surface area contributed by atoms with Crippen LogP contribution >= 0.6 is 0 Å². The van der Waals surface area contributed by atoms with E-state index in [0.717, 1.165) is 16.8 Å².